The first kappa shape index (κ1) is 14.1. The number of benzene rings is 1. The zero-order valence-electron chi connectivity index (χ0n) is 12.5. The smallest absolute Gasteiger partial charge is 0.269 e. The van der Waals surface area contributed by atoms with Gasteiger partial charge in [0, 0.05) is 25.5 Å². The van der Waals surface area contributed by atoms with Crippen molar-refractivity contribution in [2.75, 3.05) is 14.1 Å². The Morgan fingerprint density at radius 1 is 1.23 bits per heavy atom. The van der Waals surface area contributed by atoms with E-state index in [2.05, 4.69) is 9.97 Å². The number of carbonyl (C=O) groups is 1. The average Bonchev–Trinajstić information content (AvgIpc) is 2.96. The van der Waals surface area contributed by atoms with Crippen LogP contribution < -0.4 is 4.74 Å². The molecule has 1 N–H and O–H groups in total. The summed E-state index contributed by atoms with van der Waals surface area (Å²) in [4.78, 5) is 20.8. The Labute approximate surface area is 128 Å². The molecule has 0 fully saturated rings. The molecule has 5 heteroatoms. The number of nitrogens with zero attached hydrogens (tertiary/aromatic N) is 2. The molecule has 2 aromatic heterocycles. The monoisotopic (exact) mass is 295 g/mol. The molecular formula is C17H17N3O2. The third-order valence-corrected chi connectivity index (χ3v) is 3.35. The van der Waals surface area contributed by atoms with Gasteiger partial charge in [-0.3, -0.25) is 4.79 Å². The number of nitrogens with one attached hydrogen (secondary N) is 1. The molecule has 0 unspecified atom stereocenters. The van der Waals surface area contributed by atoms with Crippen LogP contribution in [0, 0.1) is 0 Å². The quantitative estimate of drug-likeness (QED) is 0.805. The van der Waals surface area contributed by atoms with Crippen LogP contribution in [0.2, 0.25) is 0 Å². The highest BCUT2D eigenvalue weighted by molar-refractivity contribution is 5.97. The maximum Gasteiger partial charge on any atom is 0.269 e. The first-order chi connectivity index (χ1) is 10.6. The highest BCUT2D eigenvalue weighted by Crippen LogP contribution is 2.20. The van der Waals surface area contributed by atoms with E-state index in [-0.39, 0.29) is 5.91 Å². The van der Waals surface area contributed by atoms with Gasteiger partial charge >= 0.3 is 0 Å². The average molecular weight is 295 g/mol. The second-order valence-electron chi connectivity index (χ2n) is 5.27. The Morgan fingerprint density at radius 3 is 2.73 bits per heavy atom. The van der Waals surface area contributed by atoms with E-state index in [4.69, 9.17) is 4.74 Å². The summed E-state index contributed by atoms with van der Waals surface area (Å²) in [5.74, 6) is 0.474. The van der Waals surface area contributed by atoms with Crippen molar-refractivity contribution in [1.82, 2.24) is 14.9 Å². The third kappa shape index (κ3) is 2.93. The third-order valence-electron chi connectivity index (χ3n) is 3.35. The van der Waals surface area contributed by atoms with E-state index in [1.165, 1.54) is 4.90 Å². The van der Waals surface area contributed by atoms with Crippen molar-refractivity contribution in [2.24, 2.45) is 0 Å². The van der Waals surface area contributed by atoms with Gasteiger partial charge in [0.1, 0.15) is 12.3 Å². The maximum atomic E-state index is 12.0. The molecule has 3 aromatic rings. The Kier molecular flexibility index (Phi) is 3.78. The molecule has 0 saturated heterocycles. The summed E-state index contributed by atoms with van der Waals surface area (Å²) in [6.45, 7) is 0.466. The van der Waals surface area contributed by atoms with Crippen LogP contribution in [0.1, 0.15) is 16.1 Å². The van der Waals surface area contributed by atoms with Gasteiger partial charge in [-0.25, -0.2) is 4.98 Å². The van der Waals surface area contributed by atoms with E-state index in [1.807, 2.05) is 42.5 Å². The van der Waals surface area contributed by atoms with Gasteiger partial charge in [-0.2, -0.15) is 0 Å². The number of carbonyl (C=O) groups excluding carboxylic acids is 1. The molecule has 22 heavy (non-hydrogen) atoms. The Balaban J connectivity index is 1.79. The second-order valence-corrected chi connectivity index (χ2v) is 5.27. The van der Waals surface area contributed by atoms with Gasteiger partial charge in [0.2, 0.25) is 5.88 Å². The molecule has 0 bridgehead atoms. The van der Waals surface area contributed by atoms with E-state index >= 15 is 0 Å². The lowest BCUT2D eigenvalue weighted by Crippen LogP contribution is -2.21. The largest absolute Gasteiger partial charge is 0.473 e. The molecule has 0 spiro atoms. The molecule has 5 nitrogen and oxygen atoms in total. The lowest BCUT2D eigenvalue weighted by Gasteiger charge is -2.07. The molecule has 112 valence electrons. The van der Waals surface area contributed by atoms with Crippen molar-refractivity contribution in [2.45, 2.75) is 6.61 Å². The van der Waals surface area contributed by atoms with Crippen LogP contribution in [0.3, 0.4) is 0 Å². The summed E-state index contributed by atoms with van der Waals surface area (Å²) in [5.41, 5.74) is 2.45. The lowest BCUT2D eigenvalue weighted by atomic mass is 10.2. The van der Waals surface area contributed by atoms with Gasteiger partial charge < -0.3 is 14.6 Å². The Morgan fingerprint density at radius 2 is 2.00 bits per heavy atom. The van der Waals surface area contributed by atoms with Crippen LogP contribution in [0.5, 0.6) is 5.88 Å². The summed E-state index contributed by atoms with van der Waals surface area (Å²) < 4.78 is 5.70. The van der Waals surface area contributed by atoms with Crippen LogP contribution in [-0.2, 0) is 6.61 Å². The summed E-state index contributed by atoms with van der Waals surface area (Å²) in [7, 11) is 3.45. The molecule has 0 aliphatic heterocycles. The summed E-state index contributed by atoms with van der Waals surface area (Å²) in [5, 5.41) is 0.906. The van der Waals surface area contributed by atoms with Crippen molar-refractivity contribution < 1.29 is 9.53 Å². The number of rotatable bonds is 4. The topological polar surface area (TPSA) is 58.2 Å². The van der Waals surface area contributed by atoms with Gasteiger partial charge in [0.15, 0.2) is 0 Å². The first-order valence-corrected chi connectivity index (χ1v) is 7.00. The van der Waals surface area contributed by atoms with Gasteiger partial charge in [-0.15, -0.1) is 0 Å². The second kappa shape index (κ2) is 5.89. The molecule has 1 aromatic carbocycles. The number of amides is 1. The maximum absolute atomic E-state index is 12.0. The van der Waals surface area contributed by atoms with Gasteiger partial charge in [0.25, 0.3) is 5.91 Å². The highest BCUT2D eigenvalue weighted by atomic mass is 16.5. The SMILES string of the molecule is CN(C)C(=O)c1cc2cc(OCc3ccccc3)ncc2[nH]1. The van der Waals surface area contributed by atoms with Crippen molar-refractivity contribution in [3.05, 3.63) is 59.9 Å². The standard InChI is InChI=1S/C17H17N3O2/c1-20(2)17(21)14-8-13-9-16(18-10-15(13)19-14)22-11-12-6-4-3-5-7-12/h3-10,19H,11H2,1-2H3. The number of aromatic nitrogens is 2. The fourth-order valence-corrected chi connectivity index (χ4v) is 2.18. The minimum absolute atomic E-state index is 0.0667. The molecule has 1 amide bonds. The molecule has 0 aliphatic carbocycles. The Bertz CT molecular complexity index is 794. The van der Waals surface area contributed by atoms with Crippen LogP contribution in [0.4, 0.5) is 0 Å². The van der Waals surface area contributed by atoms with E-state index in [1.54, 1.807) is 20.3 Å². The first-order valence-electron chi connectivity index (χ1n) is 7.00. The number of hydrogen-bond acceptors (Lipinski definition) is 3. The van der Waals surface area contributed by atoms with Crippen LogP contribution in [-0.4, -0.2) is 34.9 Å². The number of H-pyrrole nitrogens is 1. The van der Waals surface area contributed by atoms with Crippen LogP contribution >= 0.6 is 0 Å². The molecular weight excluding hydrogens is 278 g/mol. The van der Waals surface area contributed by atoms with Crippen LogP contribution in [0.25, 0.3) is 10.9 Å². The molecule has 0 saturated carbocycles. The number of pyridine rings is 1. The van der Waals surface area contributed by atoms with Crippen LogP contribution in [0.15, 0.2) is 48.7 Å². The van der Waals surface area contributed by atoms with Crippen molar-refractivity contribution >= 4 is 16.8 Å². The van der Waals surface area contributed by atoms with E-state index in [9.17, 15) is 4.79 Å². The molecule has 0 atom stereocenters. The van der Waals surface area contributed by atoms with E-state index < -0.39 is 0 Å². The highest BCUT2D eigenvalue weighted by Gasteiger charge is 2.12. The van der Waals surface area contributed by atoms with E-state index in [0.717, 1.165) is 16.5 Å². The number of ether oxygens (including phenoxy) is 1. The number of hydrogen-bond donors (Lipinski definition) is 1. The fourth-order valence-electron chi connectivity index (χ4n) is 2.18. The van der Waals surface area contributed by atoms with Crippen molar-refractivity contribution in [3.63, 3.8) is 0 Å². The zero-order valence-corrected chi connectivity index (χ0v) is 12.5. The number of aromatic amines is 1. The zero-order chi connectivity index (χ0) is 15.5. The molecule has 3 rings (SSSR count). The minimum atomic E-state index is -0.0667. The summed E-state index contributed by atoms with van der Waals surface area (Å²) in [6.07, 6.45) is 1.68. The van der Waals surface area contributed by atoms with Gasteiger partial charge in [-0.1, -0.05) is 30.3 Å². The molecule has 0 radical (unpaired) electrons. The fraction of sp³-hybridized carbons (Fsp3) is 0.176. The minimum Gasteiger partial charge on any atom is -0.473 e. The summed E-state index contributed by atoms with van der Waals surface area (Å²) >= 11 is 0. The van der Waals surface area contributed by atoms with E-state index in [0.29, 0.717) is 18.2 Å². The van der Waals surface area contributed by atoms with Crippen molar-refractivity contribution in [1.29, 1.82) is 0 Å². The normalized spacial score (nSPS) is 10.6. The predicted molar refractivity (Wildman–Crippen MR) is 84.9 cm³/mol. The lowest BCUT2D eigenvalue weighted by molar-refractivity contribution is 0.0823. The molecule has 2 heterocycles. The predicted octanol–water partition coefficient (Wildman–Crippen LogP) is 2.84. The van der Waals surface area contributed by atoms with Gasteiger partial charge in [0.05, 0.1) is 11.7 Å². The van der Waals surface area contributed by atoms with Crippen molar-refractivity contribution in [3.8, 4) is 5.88 Å². The molecule has 0 aliphatic rings. The number of fused-ring (bicyclic) bond motifs is 1. The summed E-state index contributed by atoms with van der Waals surface area (Å²) in [6, 6.07) is 13.6. The van der Waals surface area contributed by atoms with Gasteiger partial charge in [-0.05, 0) is 11.6 Å². The Hall–Kier alpha value is -2.82.